The van der Waals surface area contributed by atoms with Crippen molar-refractivity contribution < 1.29 is 51.2 Å². The second kappa shape index (κ2) is 14.9. The maximum absolute atomic E-state index is 8.12. The summed E-state index contributed by atoms with van der Waals surface area (Å²) in [6.07, 6.45) is 7.27. The summed E-state index contributed by atoms with van der Waals surface area (Å²) in [6.45, 7) is 9.71. The molecular formula is C31H53BClN2O11P2Si. The average molecular weight is 769 g/mol. The van der Waals surface area contributed by atoms with E-state index in [2.05, 4.69) is 18.5 Å². The summed E-state index contributed by atoms with van der Waals surface area (Å²) in [7, 11) is -2.18. The van der Waals surface area contributed by atoms with E-state index in [0.717, 1.165) is 58.9 Å². The quantitative estimate of drug-likeness (QED) is 0.273. The Morgan fingerprint density at radius 1 is 0.939 bits per heavy atom. The second-order valence-electron chi connectivity index (χ2n) is 15.2. The van der Waals surface area contributed by atoms with Crippen LogP contribution in [0.3, 0.4) is 0 Å². The summed E-state index contributed by atoms with van der Waals surface area (Å²) in [6, 6.07) is 0.223. The maximum Gasteiger partial charge on any atom is 0.259 e. The summed E-state index contributed by atoms with van der Waals surface area (Å²) in [5.74, 6) is -0.899. The maximum atomic E-state index is 8.12. The van der Waals surface area contributed by atoms with Crippen molar-refractivity contribution in [2.75, 3.05) is 26.7 Å². The SMILES string of the molecule is CN1C[C@H]2O[C@@H]3OC4(CCCC4)O[C@@H]3[C@H]2OP1Cl.[2H][Si](C)([B][3H])OCC1OC(C)CC1OP1O[C@@H]2[C@H]3OC4(CCCC4)O[C@H]3O[C@@H]2CN1C(C)C. The molecule has 13 nitrogen and oxygen atoms in total. The first-order valence-corrected chi connectivity index (χ1v) is 23.4. The first kappa shape index (κ1) is 34.4. The number of rotatable bonds is 7. The predicted octanol–water partition coefficient (Wildman–Crippen LogP) is 4.26. The van der Waals surface area contributed by atoms with E-state index in [9.17, 15) is 0 Å². The Morgan fingerprint density at radius 3 is 2.12 bits per heavy atom. The number of likely N-dealkylation sites (N-methyl/N-ethyl adjacent to an activating group) is 1. The van der Waals surface area contributed by atoms with Gasteiger partial charge in [-0.05, 0) is 66.1 Å². The first-order chi connectivity index (χ1) is 24.4. The molecule has 0 aromatic heterocycles. The minimum atomic E-state index is -2.86. The standard InChI is InChI=1S/C20H36BNO7PSi.C11H17ClNO4P/c1-12(2)22-10-15-17(18-19(25-15)27-20(26-18)7-5-6-8-20)29-30(22)28-14-9-13(3)24-16(14)11-23-31(4)21;1-13-6-7-8(17-18(13)12)9-10(14-7)16-11(15-9)4-2-3-5-11/h12-19,21,31H,5-11H2,1-4H3;7-10H,2-6H2,1H3/t13?,14?,15-,16?,17+,18-,19-,30?,31?;7-,8+,9-,10-,18?/m11/s1/i21T,31D;. The van der Waals surface area contributed by atoms with Crippen LogP contribution in [0, 0.1) is 0 Å². The normalized spacial score (nSPS) is 48.5. The summed E-state index contributed by atoms with van der Waals surface area (Å²) < 4.78 is 87.6. The lowest BCUT2D eigenvalue weighted by atomic mass is 10.1. The molecule has 49 heavy (non-hydrogen) atoms. The Bertz CT molecular complexity index is 1240. The van der Waals surface area contributed by atoms with Crippen molar-refractivity contribution in [3.63, 3.8) is 0 Å². The number of nitrogens with zero attached hydrogens (tertiary/aromatic N) is 2. The molecule has 14 atom stereocenters. The third kappa shape index (κ3) is 7.49. The molecule has 9 fully saturated rings. The van der Waals surface area contributed by atoms with Gasteiger partial charge in [0.2, 0.25) is 7.65 Å². The molecule has 0 N–H and O–H groups in total. The van der Waals surface area contributed by atoms with Crippen molar-refractivity contribution in [1.29, 1.82) is 2.57 Å². The fourth-order valence-electron chi connectivity index (χ4n) is 8.56. The molecule has 0 bridgehead atoms. The lowest BCUT2D eigenvalue weighted by molar-refractivity contribution is -0.231. The van der Waals surface area contributed by atoms with Crippen LogP contribution in [0.2, 0.25) is 6.55 Å². The van der Waals surface area contributed by atoms with Crippen LogP contribution in [0.1, 0.15) is 78.6 Å². The van der Waals surface area contributed by atoms with Crippen LogP contribution < -0.4 is 0 Å². The fraction of sp³-hybridized carbons (Fsp3) is 1.00. The van der Waals surface area contributed by atoms with Crippen LogP contribution in [0.15, 0.2) is 0 Å². The molecule has 6 unspecified atom stereocenters. The Hall–Kier alpha value is 0.912. The van der Waals surface area contributed by atoms with Crippen LogP contribution >= 0.6 is 27.4 Å². The van der Waals surface area contributed by atoms with E-state index in [1.54, 1.807) is 6.55 Å². The third-order valence-electron chi connectivity index (χ3n) is 11.0. The zero-order valence-corrected chi connectivity index (χ0v) is 32.7. The van der Waals surface area contributed by atoms with Crippen LogP contribution in [0.25, 0.3) is 0 Å². The summed E-state index contributed by atoms with van der Waals surface area (Å²) in [5.41, 5.74) is 0. The molecule has 2 spiro atoms. The Balaban J connectivity index is 0.000000173. The molecule has 9 rings (SSSR count). The van der Waals surface area contributed by atoms with Crippen LogP contribution in [0.5, 0.6) is 0 Å². The van der Waals surface area contributed by atoms with Gasteiger partial charge in [-0.3, -0.25) is 0 Å². The smallest absolute Gasteiger partial charge is 0.259 e. The molecule has 277 valence electrons. The van der Waals surface area contributed by atoms with E-state index in [4.69, 9.17) is 65.0 Å². The van der Waals surface area contributed by atoms with Gasteiger partial charge in [0.15, 0.2) is 24.2 Å². The number of ether oxygens (including phenoxy) is 7. The molecule has 9 aliphatic rings. The van der Waals surface area contributed by atoms with Crippen molar-refractivity contribution in [1.82, 2.24) is 9.34 Å². The van der Waals surface area contributed by atoms with Crippen molar-refractivity contribution in [2.24, 2.45) is 0 Å². The highest BCUT2D eigenvalue weighted by Crippen LogP contribution is 2.58. The fourth-order valence-corrected chi connectivity index (χ4v) is 12.2. The van der Waals surface area contributed by atoms with Crippen molar-refractivity contribution in [3.8, 4) is 0 Å². The number of hydrogen-bond donors (Lipinski definition) is 0. The van der Waals surface area contributed by atoms with E-state index in [1.807, 2.05) is 18.6 Å². The summed E-state index contributed by atoms with van der Waals surface area (Å²) >= 11 is 6.19. The molecule has 18 heteroatoms. The monoisotopic (exact) mass is 768 g/mol. The molecular weight excluding hydrogens is 713 g/mol. The van der Waals surface area contributed by atoms with Gasteiger partial charge in [0.1, 0.15) is 59.0 Å². The van der Waals surface area contributed by atoms with E-state index >= 15 is 0 Å². The zero-order valence-electron chi connectivity index (χ0n) is 31.1. The predicted molar refractivity (Wildman–Crippen MR) is 185 cm³/mol. The van der Waals surface area contributed by atoms with Crippen molar-refractivity contribution in [3.05, 3.63) is 0 Å². The number of fused-ring (bicyclic) bond motifs is 6. The second-order valence-corrected chi connectivity index (χ2v) is 20.3. The van der Waals surface area contributed by atoms with Gasteiger partial charge in [-0.25, -0.2) is 9.34 Å². The Kier molecular flexibility index (Phi) is 10.4. The van der Waals surface area contributed by atoms with E-state index < -0.39 is 36.6 Å². The van der Waals surface area contributed by atoms with E-state index in [0.29, 0.717) is 6.54 Å². The topological polar surface area (TPSA) is 108 Å². The molecule has 7 heterocycles. The zero-order chi connectivity index (χ0) is 35.7. The van der Waals surface area contributed by atoms with Crippen molar-refractivity contribution in [2.45, 2.75) is 170 Å². The Labute approximate surface area is 303 Å². The molecule has 7 saturated heterocycles. The Morgan fingerprint density at radius 2 is 1.53 bits per heavy atom. The molecule has 0 amide bonds. The van der Waals surface area contributed by atoms with E-state index in [-0.39, 0.29) is 80.2 Å². The number of hydrogen-bond acceptors (Lipinski definition) is 13. The largest absolute Gasteiger partial charge is 0.427 e. The van der Waals surface area contributed by atoms with Gasteiger partial charge in [-0.2, -0.15) is 0 Å². The van der Waals surface area contributed by atoms with Gasteiger partial charge in [0.25, 0.3) is 8.53 Å². The van der Waals surface area contributed by atoms with Crippen molar-refractivity contribution >= 4 is 43.7 Å². The lowest BCUT2D eigenvalue weighted by Crippen LogP contribution is -2.49. The van der Waals surface area contributed by atoms with Crippen LogP contribution in [-0.4, -0.2) is 140 Å². The first-order valence-electron chi connectivity index (χ1n) is 19.2. The number of halogens is 1. The average Bonchev–Trinajstić information content (AvgIpc) is 3.95. The molecule has 1 radical (unpaired) electrons. The van der Waals surface area contributed by atoms with Crippen LogP contribution in [-0.2, 0) is 51.2 Å². The summed E-state index contributed by atoms with van der Waals surface area (Å²) in [5, 5.41) is 0. The summed E-state index contributed by atoms with van der Waals surface area (Å²) in [4.78, 5) is 0. The van der Waals surface area contributed by atoms with Gasteiger partial charge in [-0.1, -0.05) is 6.55 Å². The molecule has 2 saturated carbocycles. The van der Waals surface area contributed by atoms with Gasteiger partial charge in [0.05, 0.1) is 18.8 Å². The van der Waals surface area contributed by atoms with Gasteiger partial charge < -0.3 is 51.2 Å². The molecule has 0 aromatic carbocycles. The minimum Gasteiger partial charge on any atom is -0.427 e. The highest BCUT2D eigenvalue weighted by atomic mass is 35.7. The van der Waals surface area contributed by atoms with Gasteiger partial charge >= 0.3 is 0 Å². The van der Waals surface area contributed by atoms with Crippen LogP contribution in [0.4, 0.5) is 0 Å². The lowest BCUT2D eigenvalue weighted by Gasteiger charge is -2.43. The molecule has 2 aliphatic carbocycles. The van der Waals surface area contributed by atoms with E-state index in [1.165, 1.54) is 12.8 Å². The third-order valence-corrected chi connectivity index (χ3v) is 15.7. The minimum absolute atomic E-state index is 0.0150. The van der Waals surface area contributed by atoms with Gasteiger partial charge in [-0.15, -0.1) is 0 Å². The highest BCUT2D eigenvalue weighted by molar-refractivity contribution is 7.78. The highest BCUT2D eigenvalue weighted by Gasteiger charge is 2.63. The molecule has 0 aromatic rings. The molecule has 7 aliphatic heterocycles. The van der Waals surface area contributed by atoms with Gasteiger partial charge in [0, 0.05) is 52.5 Å².